The molecule has 2 aromatic heterocycles. The zero-order chi connectivity index (χ0) is 14.8. The maximum Gasteiger partial charge on any atom is 0.226 e. The smallest absolute Gasteiger partial charge is 0.226 e. The van der Waals surface area contributed by atoms with Gasteiger partial charge in [-0.25, -0.2) is 9.97 Å². The summed E-state index contributed by atoms with van der Waals surface area (Å²) in [4.78, 5) is 27.7. The summed E-state index contributed by atoms with van der Waals surface area (Å²) in [5.41, 5.74) is 2.37. The molecule has 0 bridgehead atoms. The summed E-state index contributed by atoms with van der Waals surface area (Å²) < 4.78 is 5.79. The first-order chi connectivity index (χ1) is 10.1. The summed E-state index contributed by atoms with van der Waals surface area (Å²) >= 11 is 0. The molecule has 0 saturated heterocycles. The number of nitrogens with one attached hydrogen (secondary N) is 1. The normalized spacial score (nSPS) is 15.6. The molecule has 3 rings (SSSR count). The summed E-state index contributed by atoms with van der Waals surface area (Å²) in [6.45, 7) is 5.31. The van der Waals surface area contributed by atoms with Crippen molar-refractivity contribution in [3.63, 3.8) is 0 Å². The zero-order valence-electron chi connectivity index (χ0n) is 12.2. The topological polar surface area (TPSA) is 80.2 Å². The molecule has 1 N–H and O–H groups in total. The number of fused-ring (bicyclic) bond motifs is 1. The average Bonchev–Trinajstić information content (AvgIpc) is 2.89. The Bertz CT molecular complexity index is 703. The fraction of sp³-hybridized carbons (Fsp3) is 0.467. The van der Waals surface area contributed by atoms with Crippen molar-refractivity contribution in [2.75, 3.05) is 13.2 Å². The highest BCUT2D eigenvalue weighted by molar-refractivity contribution is 6.18. The Labute approximate surface area is 122 Å². The third-order valence-electron chi connectivity index (χ3n) is 3.36. The Morgan fingerprint density at radius 3 is 3.00 bits per heavy atom. The number of ketones is 1. The van der Waals surface area contributed by atoms with E-state index in [0.717, 1.165) is 16.7 Å². The van der Waals surface area contributed by atoms with Crippen molar-refractivity contribution in [2.45, 2.75) is 26.7 Å². The fourth-order valence-electron chi connectivity index (χ4n) is 2.34. The maximum absolute atomic E-state index is 11.7. The number of aromatic nitrogens is 3. The van der Waals surface area contributed by atoms with E-state index in [1.54, 1.807) is 0 Å². The van der Waals surface area contributed by atoms with Crippen LogP contribution in [-0.2, 0) is 4.79 Å². The van der Waals surface area contributed by atoms with E-state index >= 15 is 0 Å². The van der Waals surface area contributed by atoms with Crippen LogP contribution in [0.2, 0.25) is 0 Å². The molecule has 3 heterocycles. The minimum atomic E-state index is 0.218. The van der Waals surface area contributed by atoms with Crippen molar-refractivity contribution in [1.82, 2.24) is 15.0 Å². The molecule has 0 fully saturated rings. The van der Waals surface area contributed by atoms with E-state index in [1.807, 2.05) is 6.20 Å². The molecule has 2 aromatic rings. The van der Waals surface area contributed by atoms with Crippen molar-refractivity contribution < 1.29 is 9.53 Å². The van der Waals surface area contributed by atoms with Crippen LogP contribution in [0.3, 0.4) is 0 Å². The van der Waals surface area contributed by atoms with Gasteiger partial charge in [0.2, 0.25) is 5.88 Å². The highest BCUT2D eigenvalue weighted by Crippen LogP contribution is 2.27. The molecular formula is C15H18N4O2. The van der Waals surface area contributed by atoms with Crippen LogP contribution in [0.5, 0.6) is 5.88 Å². The van der Waals surface area contributed by atoms with Crippen molar-refractivity contribution >= 4 is 22.5 Å². The van der Waals surface area contributed by atoms with Gasteiger partial charge in [0.25, 0.3) is 0 Å². The molecule has 6 heteroatoms. The third kappa shape index (κ3) is 2.79. The van der Waals surface area contributed by atoms with Gasteiger partial charge in [0.1, 0.15) is 17.8 Å². The van der Waals surface area contributed by atoms with E-state index in [2.05, 4.69) is 33.8 Å². The Hall–Kier alpha value is -2.24. The van der Waals surface area contributed by atoms with E-state index < -0.39 is 0 Å². The molecular weight excluding hydrogens is 268 g/mol. The lowest BCUT2D eigenvalue weighted by Crippen LogP contribution is -2.16. The number of hydrogen-bond donors (Lipinski definition) is 1. The van der Waals surface area contributed by atoms with Crippen molar-refractivity contribution in [1.29, 1.82) is 0 Å². The molecule has 1 aliphatic heterocycles. The van der Waals surface area contributed by atoms with Gasteiger partial charge in [0.15, 0.2) is 0 Å². The number of carbonyl (C=O) groups excluding carboxylic acids is 1. The number of Topliss-reactive ketones (excluding diaryl/α,β-unsaturated/α-hetero) is 1. The van der Waals surface area contributed by atoms with Crippen LogP contribution in [-0.4, -0.2) is 39.6 Å². The number of H-pyrrole nitrogens is 1. The number of nitrogens with zero attached hydrogens (tertiary/aromatic N) is 3. The third-order valence-corrected chi connectivity index (χ3v) is 3.36. The minimum absolute atomic E-state index is 0.218. The van der Waals surface area contributed by atoms with Gasteiger partial charge in [-0.2, -0.15) is 0 Å². The van der Waals surface area contributed by atoms with E-state index in [0.29, 0.717) is 43.4 Å². The molecule has 0 atom stereocenters. The first-order valence-electron chi connectivity index (χ1n) is 7.15. The van der Waals surface area contributed by atoms with Gasteiger partial charge < -0.3 is 9.72 Å². The van der Waals surface area contributed by atoms with E-state index in [4.69, 9.17) is 4.74 Å². The summed E-state index contributed by atoms with van der Waals surface area (Å²) in [5, 5.41) is 0.812. The lowest BCUT2D eigenvalue weighted by atomic mass is 10.0. The number of hydrogen-bond acceptors (Lipinski definition) is 5. The molecule has 0 radical (unpaired) electrons. The second-order valence-electron chi connectivity index (χ2n) is 5.60. The molecule has 1 aliphatic rings. The molecule has 0 saturated carbocycles. The second kappa shape index (κ2) is 5.63. The molecule has 0 aliphatic carbocycles. The highest BCUT2D eigenvalue weighted by Gasteiger charge is 2.20. The van der Waals surface area contributed by atoms with E-state index in [-0.39, 0.29) is 5.78 Å². The molecule has 6 nitrogen and oxygen atoms in total. The highest BCUT2D eigenvalue weighted by atomic mass is 16.5. The largest absolute Gasteiger partial charge is 0.477 e. The van der Waals surface area contributed by atoms with Crippen LogP contribution in [0.1, 0.15) is 32.3 Å². The van der Waals surface area contributed by atoms with Crippen LogP contribution >= 0.6 is 0 Å². The first-order valence-corrected chi connectivity index (χ1v) is 7.15. The SMILES string of the molecule is CC(C)COc1ncnc2[nH]cc(C3=NCCC(=O)C3)c12. The van der Waals surface area contributed by atoms with Crippen LogP contribution in [0.15, 0.2) is 17.5 Å². The number of rotatable bonds is 4. The summed E-state index contributed by atoms with van der Waals surface area (Å²) in [6.07, 6.45) is 4.20. The van der Waals surface area contributed by atoms with Crippen molar-refractivity contribution in [2.24, 2.45) is 10.9 Å². The van der Waals surface area contributed by atoms with Crippen LogP contribution in [0.25, 0.3) is 11.0 Å². The zero-order valence-corrected chi connectivity index (χ0v) is 12.2. The van der Waals surface area contributed by atoms with Gasteiger partial charge in [0, 0.05) is 31.1 Å². The molecule has 21 heavy (non-hydrogen) atoms. The Kier molecular flexibility index (Phi) is 3.68. The summed E-state index contributed by atoms with van der Waals surface area (Å²) in [6, 6.07) is 0. The van der Waals surface area contributed by atoms with Gasteiger partial charge in [0.05, 0.1) is 17.7 Å². The maximum atomic E-state index is 11.7. The van der Waals surface area contributed by atoms with E-state index in [1.165, 1.54) is 6.33 Å². The molecule has 0 aromatic carbocycles. The summed E-state index contributed by atoms with van der Waals surface area (Å²) in [5.74, 6) is 1.17. The molecule has 0 amide bonds. The van der Waals surface area contributed by atoms with Crippen LogP contribution in [0, 0.1) is 5.92 Å². The van der Waals surface area contributed by atoms with Gasteiger partial charge >= 0.3 is 0 Å². The second-order valence-corrected chi connectivity index (χ2v) is 5.60. The molecule has 0 unspecified atom stereocenters. The molecule has 110 valence electrons. The van der Waals surface area contributed by atoms with Crippen molar-refractivity contribution in [3.05, 3.63) is 18.1 Å². The average molecular weight is 286 g/mol. The number of carbonyl (C=O) groups is 1. The summed E-state index contributed by atoms with van der Waals surface area (Å²) in [7, 11) is 0. The predicted octanol–water partition coefficient (Wildman–Crippen LogP) is 2.14. The lowest BCUT2D eigenvalue weighted by Gasteiger charge is -2.12. The Morgan fingerprint density at radius 1 is 1.38 bits per heavy atom. The van der Waals surface area contributed by atoms with Crippen molar-refractivity contribution in [3.8, 4) is 5.88 Å². The van der Waals surface area contributed by atoms with Gasteiger partial charge in [-0.15, -0.1) is 0 Å². The Balaban J connectivity index is 2.03. The number of ether oxygens (including phenoxy) is 1. The predicted molar refractivity (Wildman–Crippen MR) is 79.9 cm³/mol. The first kappa shape index (κ1) is 13.7. The number of aliphatic imine (C=N–C) groups is 1. The van der Waals surface area contributed by atoms with E-state index in [9.17, 15) is 4.79 Å². The van der Waals surface area contributed by atoms with Crippen LogP contribution < -0.4 is 4.74 Å². The van der Waals surface area contributed by atoms with Crippen LogP contribution in [0.4, 0.5) is 0 Å². The van der Waals surface area contributed by atoms with Gasteiger partial charge in [-0.3, -0.25) is 9.79 Å². The standard InChI is InChI=1S/C15H18N4O2/c1-9(2)7-21-15-13-11(6-17-14(13)18-8-19-15)12-5-10(20)3-4-16-12/h6,8-9H,3-5,7H2,1-2H3,(H,17,18,19). The minimum Gasteiger partial charge on any atom is -0.477 e. The fourth-order valence-corrected chi connectivity index (χ4v) is 2.34. The quantitative estimate of drug-likeness (QED) is 0.933. The van der Waals surface area contributed by atoms with Gasteiger partial charge in [-0.05, 0) is 5.92 Å². The Morgan fingerprint density at radius 2 is 2.24 bits per heavy atom. The lowest BCUT2D eigenvalue weighted by molar-refractivity contribution is -0.117. The monoisotopic (exact) mass is 286 g/mol. The number of aromatic amines is 1. The van der Waals surface area contributed by atoms with Gasteiger partial charge in [-0.1, -0.05) is 13.8 Å². The molecule has 0 spiro atoms.